The van der Waals surface area contributed by atoms with E-state index in [4.69, 9.17) is 4.74 Å². The maximum atomic E-state index is 12.3. The molecule has 84 valence electrons. The molecular weight excluding hydrogens is 202 g/mol. The Morgan fingerprint density at radius 1 is 1.44 bits per heavy atom. The van der Waals surface area contributed by atoms with Crippen LogP contribution in [0.5, 0.6) is 5.75 Å². The molecule has 2 heterocycles. The van der Waals surface area contributed by atoms with E-state index < -0.39 is 0 Å². The van der Waals surface area contributed by atoms with Crippen molar-refractivity contribution in [1.82, 2.24) is 4.90 Å². The first-order valence-corrected chi connectivity index (χ1v) is 5.80. The molecule has 0 N–H and O–H groups in total. The molecule has 0 aromatic heterocycles. The molecule has 1 atom stereocenters. The fourth-order valence-corrected chi connectivity index (χ4v) is 2.55. The van der Waals surface area contributed by atoms with Gasteiger partial charge in [0.2, 0.25) is 0 Å². The number of nitrogens with zero attached hydrogens (tertiary/aromatic N) is 1. The van der Waals surface area contributed by atoms with Crippen LogP contribution < -0.4 is 4.74 Å². The Morgan fingerprint density at radius 3 is 3.19 bits per heavy atom. The average Bonchev–Trinajstić information content (AvgIpc) is 2.70. The smallest absolute Gasteiger partial charge is 0.257 e. The quantitative estimate of drug-likeness (QED) is 0.665. The molecule has 0 aliphatic carbocycles. The second-order valence-electron chi connectivity index (χ2n) is 4.61. The fourth-order valence-electron chi connectivity index (χ4n) is 2.55. The third-order valence-electron chi connectivity index (χ3n) is 3.43. The van der Waals surface area contributed by atoms with Crippen LogP contribution in [-0.4, -0.2) is 30.0 Å². The van der Waals surface area contributed by atoms with Gasteiger partial charge in [0.15, 0.2) is 0 Å². The molecule has 2 aliphatic heterocycles. The maximum Gasteiger partial charge on any atom is 0.257 e. The monoisotopic (exact) mass is 217 g/mol. The van der Waals surface area contributed by atoms with Gasteiger partial charge in [-0.3, -0.25) is 4.79 Å². The van der Waals surface area contributed by atoms with E-state index in [1.807, 2.05) is 30.0 Å². The highest BCUT2D eigenvalue weighted by molar-refractivity contribution is 5.97. The Labute approximate surface area is 95.0 Å². The summed E-state index contributed by atoms with van der Waals surface area (Å²) in [6.07, 6.45) is 2.17. The number of amides is 1. The third kappa shape index (κ3) is 1.39. The summed E-state index contributed by atoms with van der Waals surface area (Å²) in [6.45, 7) is 3.52. The molecule has 16 heavy (non-hydrogen) atoms. The van der Waals surface area contributed by atoms with Crippen LogP contribution in [0.1, 0.15) is 28.8 Å². The van der Waals surface area contributed by atoms with Crippen molar-refractivity contribution in [2.75, 3.05) is 13.2 Å². The number of carbonyl (C=O) groups excluding carboxylic acids is 1. The van der Waals surface area contributed by atoms with Crippen LogP contribution in [0, 0.1) is 6.92 Å². The highest BCUT2D eigenvalue weighted by Crippen LogP contribution is 2.30. The molecular formula is C13H15NO2. The van der Waals surface area contributed by atoms with E-state index in [2.05, 4.69) is 0 Å². The van der Waals surface area contributed by atoms with E-state index in [0.717, 1.165) is 36.3 Å². The predicted molar refractivity (Wildman–Crippen MR) is 60.7 cm³/mol. The van der Waals surface area contributed by atoms with Crippen molar-refractivity contribution in [3.63, 3.8) is 0 Å². The Morgan fingerprint density at radius 2 is 2.31 bits per heavy atom. The first kappa shape index (κ1) is 9.70. The first-order chi connectivity index (χ1) is 7.75. The number of aryl methyl sites for hydroxylation is 1. The average molecular weight is 217 g/mol. The zero-order chi connectivity index (χ0) is 11.1. The van der Waals surface area contributed by atoms with Crippen LogP contribution in [0.25, 0.3) is 0 Å². The largest absolute Gasteiger partial charge is 0.491 e. The maximum absolute atomic E-state index is 12.3. The zero-order valence-corrected chi connectivity index (χ0v) is 9.40. The fraction of sp³-hybridized carbons (Fsp3) is 0.462. The number of hydrogen-bond donors (Lipinski definition) is 0. The lowest BCUT2D eigenvalue weighted by Gasteiger charge is -2.20. The van der Waals surface area contributed by atoms with Crippen molar-refractivity contribution in [2.24, 2.45) is 0 Å². The topological polar surface area (TPSA) is 29.5 Å². The molecule has 3 rings (SSSR count). The van der Waals surface area contributed by atoms with E-state index >= 15 is 0 Å². The van der Waals surface area contributed by atoms with Crippen LogP contribution >= 0.6 is 0 Å². The van der Waals surface area contributed by atoms with Crippen LogP contribution in [0.2, 0.25) is 0 Å². The summed E-state index contributed by atoms with van der Waals surface area (Å²) in [5.41, 5.74) is 1.83. The number of ether oxygens (including phenoxy) is 1. The van der Waals surface area contributed by atoms with Crippen molar-refractivity contribution in [1.29, 1.82) is 0 Å². The minimum absolute atomic E-state index is 0.138. The molecule has 1 saturated heterocycles. The lowest BCUT2D eigenvalue weighted by molar-refractivity contribution is 0.0726. The number of carbonyl (C=O) groups is 1. The van der Waals surface area contributed by atoms with Gasteiger partial charge in [0, 0.05) is 6.54 Å². The molecule has 0 bridgehead atoms. The summed E-state index contributed by atoms with van der Waals surface area (Å²) in [7, 11) is 0. The summed E-state index contributed by atoms with van der Waals surface area (Å²) >= 11 is 0. The lowest BCUT2D eigenvalue weighted by Crippen LogP contribution is -2.36. The van der Waals surface area contributed by atoms with Gasteiger partial charge in [-0.1, -0.05) is 11.6 Å². The third-order valence-corrected chi connectivity index (χ3v) is 3.43. The van der Waals surface area contributed by atoms with Gasteiger partial charge in [0.05, 0.1) is 11.6 Å². The molecule has 0 spiro atoms. The summed E-state index contributed by atoms with van der Waals surface area (Å²) in [4.78, 5) is 14.3. The summed E-state index contributed by atoms with van der Waals surface area (Å²) in [5, 5.41) is 0. The summed E-state index contributed by atoms with van der Waals surface area (Å²) < 4.78 is 5.73. The van der Waals surface area contributed by atoms with Crippen LogP contribution in [0.15, 0.2) is 18.2 Å². The molecule has 3 nitrogen and oxygen atoms in total. The molecule has 2 aliphatic rings. The Bertz CT molecular complexity index is 442. The van der Waals surface area contributed by atoms with Gasteiger partial charge in [-0.15, -0.1) is 0 Å². The highest BCUT2D eigenvalue weighted by atomic mass is 16.5. The van der Waals surface area contributed by atoms with Gasteiger partial charge in [-0.05, 0) is 31.9 Å². The van der Waals surface area contributed by atoms with Crippen molar-refractivity contribution in [2.45, 2.75) is 25.8 Å². The van der Waals surface area contributed by atoms with Gasteiger partial charge >= 0.3 is 0 Å². The lowest BCUT2D eigenvalue weighted by atomic mass is 10.1. The van der Waals surface area contributed by atoms with Crippen LogP contribution in [0.4, 0.5) is 0 Å². The Hall–Kier alpha value is -1.51. The van der Waals surface area contributed by atoms with Crippen molar-refractivity contribution in [3.05, 3.63) is 29.3 Å². The minimum Gasteiger partial charge on any atom is -0.491 e. The van der Waals surface area contributed by atoms with Crippen LogP contribution in [0.3, 0.4) is 0 Å². The van der Waals surface area contributed by atoms with Crippen molar-refractivity contribution >= 4 is 5.91 Å². The molecule has 0 saturated carbocycles. The first-order valence-electron chi connectivity index (χ1n) is 5.80. The van der Waals surface area contributed by atoms with Crippen LogP contribution in [-0.2, 0) is 0 Å². The normalized spacial score (nSPS) is 23.4. The number of benzene rings is 1. The number of fused-ring (bicyclic) bond motifs is 2. The summed E-state index contributed by atoms with van der Waals surface area (Å²) in [5.74, 6) is 0.878. The van der Waals surface area contributed by atoms with Gasteiger partial charge in [0.1, 0.15) is 12.4 Å². The molecule has 1 aromatic rings. The molecule has 1 fully saturated rings. The molecule has 1 aromatic carbocycles. The number of rotatable bonds is 0. The predicted octanol–water partition coefficient (Wildman–Crippen LogP) is 1.99. The second kappa shape index (κ2) is 3.51. The standard InChI is InChI=1S/C13H15NO2/c1-9-4-5-12-11(7-9)13(15)14-6-2-3-10(14)8-16-12/h4-5,7,10H,2-3,6,8H2,1H3. The highest BCUT2D eigenvalue weighted by Gasteiger charge is 2.34. The minimum atomic E-state index is 0.138. The zero-order valence-electron chi connectivity index (χ0n) is 9.40. The van der Waals surface area contributed by atoms with E-state index in [1.165, 1.54) is 0 Å². The molecule has 0 radical (unpaired) electrons. The Kier molecular flexibility index (Phi) is 2.13. The van der Waals surface area contributed by atoms with E-state index in [9.17, 15) is 4.79 Å². The van der Waals surface area contributed by atoms with Crippen molar-refractivity contribution < 1.29 is 9.53 Å². The van der Waals surface area contributed by atoms with E-state index in [-0.39, 0.29) is 11.9 Å². The van der Waals surface area contributed by atoms with Gasteiger partial charge in [-0.2, -0.15) is 0 Å². The van der Waals surface area contributed by atoms with Gasteiger partial charge in [0.25, 0.3) is 5.91 Å². The van der Waals surface area contributed by atoms with Gasteiger partial charge < -0.3 is 9.64 Å². The number of hydrogen-bond acceptors (Lipinski definition) is 2. The Balaban J connectivity index is 2.06. The van der Waals surface area contributed by atoms with Crippen molar-refractivity contribution in [3.8, 4) is 5.75 Å². The second-order valence-corrected chi connectivity index (χ2v) is 4.61. The van der Waals surface area contributed by atoms with E-state index in [0.29, 0.717) is 6.61 Å². The molecule has 1 amide bonds. The van der Waals surface area contributed by atoms with E-state index in [1.54, 1.807) is 0 Å². The van der Waals surface area contributed by atoms with Gasteiger partial charge in [-0.25, -0.2) is 0 Å². The molecule has 1 unspecified atom stereocenters. The summed E-state index contributed by atoms with van der Waals surface area (Å²) in [6, 6.07) is 6.10. The SMILES string of the molecule is Cc1ccc2c(c1)C(=O)N1CCCC1CO2. The molecule has 3 heteroatoms.